The van der Waals surface area contributed by atoms with E-state index >= 15 is 0 Å². The minimum absolute atomic E-state index is 0.0434. The standard InChI is InChI=1S/C15H16N4O3/c1-17-9-15(22-14(17)21)4-6-19(10-15)13(20)11-2-3-12-16-5-7-18(12)8-11/h2-3,5,7-8H,4,6,9-10H2,1H3/t15-/m1/s1. The van der Waals surface area contributed by atoms with E-state index < -0.39 is 5.60 Å². The van der Waals surface area contributed by atoms with Crippen LogP contribution in [0, 0.1) is 0 Å². The number of hydrogen-bond donors (Lipinski definition) is 0. The number of nitrogens with zero attached hydrogens (tertiary/aromatic N) is 4. The van der Waals surface area contributed by atoms with Crippen molar-refractivity contribution in [2.45, 2.75) is 12.0 Å². The number of ether oxygens (including phenoxy) is 1. The summed E-state index contributed by atoms with van der Waals surface area (Å²) in [4.78, 5) is 31.7. The van der Waals surface area contributed by atoms with Gasteiger partial charge < -0.3 is 18.9 Å². The molecule has 7 heteroatoms. The number of carbonyl (C=O) groups excluding carboxylic acids is 2. The number of hydrogen-bond acceptors (Lipinski definition) is 4. The van der Waals surface area contributed by atoms with Gasteiger partial charge in [0.1, 0.15) is 5.65 Å². The van der Waals surface area contributed by atoms with Crippen LogP contribution in [-0.4, -0.2) is 63.5 Å². The Hall–Kier alpha value is -2.57. The van der Waals surface area contributed by atoms with Gasteiger partial charge in [0.05, 0.1) is 18.7 Å². The fraction of sp³-hybridized carbons (Fsp3) is 0.400. The van der Waals surface area contributed by atoms with Crippen LogP contribution >= 0.6 is 0 Å². The summed E-state index contributed by atoms with van der Waals surface area (Å²) in [6, 6.07) is 3.60. The maximum Gasteiger partial charge on any atom is 0.410 e. The van der Waals surface area contributed by atoms with E-state index in [1.54, 1.807) is 35.3 Å². The smallest absolute Gasteiger partial charge is 0.410 e. The topological polar surface area (TPSA) is 67.2 Å². The Balaban J connectivity index is 1.55. The summed E-state index contributed by atoms with van der Waals surface area (Å²) in [5, 5.41) is 0. The largest absolute Gasteiger partial charge is 0.439 e. The fourth-order valence-electron chi connectivity index (χ4n) is 3.25. The lowest BCUT2D eigenvalue weighted by molar-refractivity contribution is 0.0553. The van der Waals surface area contributed by atoms with Crippen molar-refractivity contribution in [2.24, 2.45) is 0 Å². The van der Waals surface area contributed by atoms with Gasteiger partial charge in [-0.3, -0.25) is 4.79 Å². The van der Waals surface area contributed by atoms with Crippen LogP contribution in [0.25, 0.3) is 5.65 Å². The summed E-state index contributed by atoms with van der Waals surface area (Å²) in [6.07, 6.45) is 5.66. The normalized spacial score (nSPS) is 24.5. The molecule has 1 atom stereocenters. The van der Waals surface area contributed by atoms with E-state index in [1.165, 1.54) is 0 Å². The molecule has 2 fully saturated rings. The fourth-order valence-corrected chi connectivity index (χ4v) is 3.25. The monoisotopic (exact) mass is 300 g/mol. The van der Waals surface area contributed by atoms with Crippen molar-refractivity contribution >= 4 is 17.6 Å². The van der Waals surface area contributed by atoms with Crippen LogP contribution in [0.3, 0.4) is 0 Å². The molecule has 0 N–H and O–H groups in total. The Morgan fingerprint density at radius 1 is 1.36 bits per heavy atom. The molecule has 4 rings (SSSR count). The molecule has 7 nitrogen and oxygen atoms in total. The molecule has 2 amide bonds. The zero-order chi connectivity index (χ0) is 15.3. The molecule has 2 aromatic rings. The molecular formula is C15H16N4O3. The Labute approximate surface area is 127 Å². The molecule has 4 heterocycles. The van der Waals surface area contributed by atoms with E-state index in [2.05, 4.69) is 4.98 Å². The molecule has 0 aliphatic carbocycles. The minimum atomic E-state index is -0.541. The zero-order valence-electron chi connectivity index (χ0n) is 12.2. The highest BCUT2D eigenvalue weighted by molar-refractivity contribution is 5.94. The molecule has 114 valence electrons. The first-order valence-electron chi connectivity index (χ1n) is 7.22. The van der Waals surface area contributed by atoms with Crippen molar-refractivity contribution in [2.75, 3.05) is 26.7 Å². The molecule has 2 aromatic heterocycles. The average molecular weight is 300 g/mol. The van der Waals surface area contributed by atoms with Gasteiger partial charge in [-0.1, -0.05) is 0 Å². The molecule has 2 saturated heterocycles. The minimum Gasteiger partial charge on any atom is -0.439 e. The summed E-state index contributed by atoms with van der Waals surface area (Å²) in [5.41, 5.74) is 0.877. The highest BCUT2D eigenvalue weighted by atomic mass is 16.6. The van der Waals surface area contributed by atoms with Gasteiger partial charge in [0.15, 0.2) is 5.60 Å². The molecule has 22 heavy (non-hydrogen) atoms. The molecular weight excluding hydrogens is 284 g/mol. The predicted molar refractivity (Wildman–Crippen MR) is 77.6 cm³/mol. The number of amides is 2. The average Bonchev–Trinajstić information content (AvgIpc) is 3.18. The number of pyridine rings is 1. The molecule has 0 bridgehead atoms. The lowest BCUT2D eigenvalue weighted by atomic mass is 10.0. The summed E-state index contributed by atoms with van der Waals surface area (Å²) in [6.45, 7) is 1.59. The van der Waals surface area contributed by atoms with Crippen molar-refractivity contribution < 1.29 is 14.3 Å². The number of likely N-dealkylation sites (N-methyl/N-ethyl adjacent to an activating group) is 1. The van der Waals surface area contributed by atoms with Crippen LogP contribution < -0.4 is 0 Å². The molecule has 0 unspecified atom stereocenters. The highest BCUT2D eigenvalue weighted by Gasteiger charge is 2.49. The van der Waals surface area contributed by atoms with Crippen molar-refractivity contribution in [3.8, 4) is 0 Å². The number of carbonyl (C=O) groups is 2. The van der Waals surface area contributed by atoms with E-state index in [9.17, 15) is 9.59 Å². The van der Waals surface area contributed by atoms with E-state index in [0.29, 0.717) is 31.6 Å². The Kier molecular flexibility index (Phi) is 2.66. The number of rotatable bonds is 1. The predicted octanol–water partition coefficient (Wildman–Crippen LogP) is 1.00. The first kappa shape index (κ1) is 13.1. The third-order valence-corrected chi connectivity index (χ3v) is 4.38. The van der Waals surface area contributed by atoms with Crippen molar-refractivity contribution in [3.05, 3.63) is 36.3 Å². The number of aromatic nitrogens is 2. The van der Waals surface area contributed by atoms with E-state index in [0.717, 1.165) is 5.65 Å². The molecule has 1 spiro atoms. The molecule has 2 aliphatic rings. The van der Waals surface area contributed by atoms with E-state index in [4.69, 9.17) is 4.74 Å². The lowest BCUT2D eigenvalue weighted by Gasteiger charge is -2.21. The molecule has 0 saturated carbocycles. The van der Waals surface area contributed by atoms with Gasteiger partial charge in [-0.2, -0.15) is 0 Å². The second-order valence-corrected chi connectivity index (χ2v) is 5.99. The third kappa shape index (κ3) is 1.93. The van der Waals surface area contributed by atoms with Gasteiger partial charge in [-0.05, 0) is 12.1 Å². The molecule has 2 aliphatic heterocycles. The Morgan fingerprint density at radius 3 is 3.00 bits per heavy atom. The van der Waals surface area contributed by atoms with Crippen LogP contribution in [0.5, 0.6) is 0 Å². The van der Waals surface area contributed by atoms with E-state index in [1.807, 2.05) is 16.7 Å². The maximum absolute atomic E-state index is 12.7. The van der Waals surface area contributed by atoms with Gasteiger partial charge in [0, 0.05) is 38.6 Å². The Bertz CT molecular complexity index is 771. The maximum atomic E-state index is 12.7. The van der Waals surface area contributed by atoms with Gasteiger partial charge >= 0.3 is 6.09 Å². The van der Waals surface area contributed by atoms with Crippen molar-refractivity contribution in [1.29, 1.82) is 0 Å². The first-order valence-corrected chi connectivity index (χ1v) is 7.22. The molecule has 0 radical (unpaired) electrons. The van der Waals surface area contributed by atoms with Crippen LogP contribution in [0.4, 0.5) is 4.79 Å². The third-order valence-electron chi connectivity index (χ3n) is 4.38. The summed E-state index contributed by atoms with van der Waals surface area (Å²) < 4.78 is 7.30. The zero-order valence-corrected chi connectivity index (χ0v) is 12.2. The summed E-state index contributed by atoms with van der Waals surface area (Å²) in [5.74, 6) is -0.0434. The second kappa shape index (κ2) is 4.46. The van der Waals surface area contributed by atoms with Crippen LogP contribution in [0.15, 0.2) is 30.7 Å². The summed E-state index contributed by atoms with van der Waals surface area (Å²) in [7, 11) is 1.72. The van der Waals surface area contributed by atoms with Gasteiger partial charge in [0.25, 0.3) is 5.91 Å². The molecule has 0 aromatic carbocycles. The van der Waals surface area contributed by atoms with Gasteiger partial charge in [0.2, 0.25) is 0 Å². The number of imidazole rings is 1. The first-order chi connectivity index (χ1) is 10.6. The second-order valence-electron chi connectivity index (χ2n) is 5.99. The lowest BCUT2D eigenvalue weighted by Crippen LogP contribution is -2.39. The van der Waals surface area contributed by atoms with E-state index in [-0.39, 0.29) is 12.0 Å². The van der Waals surface area contributed by atoms with Crippen LogP contribution in [-0.2, 0) is 4.74 Å². The van der Waals surface area contributed by atoms with Crippen molar-refractivity contribution in [3.63, 3.8) is 0 Å². The van der Waals surface area contributed by atoms with Crippen LogP contribution in [0.1, 0.15) is 16.8 Å². The SMILES string of the molecule is CN1C[C@@]2(CCN(C(=O)c3ccc4nccn4c3)C2)OC1=O. The van der Waals surface area contributed by atoms with Gasteiger partial charge in [-0.25, -0.2) is 9.78 Å². The van der Waals surface area contributed by atoms with Gasteiger partial charge in [-0.15, -0.1) is 0 Å². The highest BCUT2D eigenvalue weighted by Crippen LogP contribution is 2.32. The summed E-state index contributed by atoms with van der Waals surface area (Å²) >= 11 is 0. The number of likely N-dealkylation sites (tertiary alicyclic amines) is 1. The number of fused-ring (bicyclic) bond motifs is 1. The van der Waals surface area contributed by atoms with Crippen molar-refractivity contribution in [1.82, 2.24) is 19.2 Å². The Morgan fingerprint density at radius 2 is 2.23 bits per heavy atom. The van der Waals surface area contributed by atoms with Crippen LogP contribution in [0.2, 0.25) is 0 Å². The quantitative estimate of drug-likeness (QED) is 0.788.